The molecule has 0 aliphatic carbocycles. The molecule has 150 valence electrons. The highest BCUT2D eigenvalue weighted by Crippen LogP contribution is 2.39. The highest BCUT2D eigenvalue weighted by atomic mass is 32.1. The molecule has 28 heavy (non-hydrogen) atoms. The number of nitrogens with zero attached hydrogens (tertiary/aromatic N) is 2. The summed E-state index contributed by atoms with van der Waals surface area (Å²) < 4.78 is 40.4. The molecule has 3 heterocycles. The smallest absolute Gasteiger partial charge is 0.370 e. The minimum atomic E-state index is -4.54. The van der Waals surface area contributed by atoms with E-state index in [4.69, 9.17) is 0 Å². The molecule has 2 N–H and O–H groups in total. The van der Waals surface area contributed by atoms with Crippen molar-refractivity contribution in [3.05, 3.63) is 38.7 Å². The van der Waals surface area contributed by atoms with Gasteiger partial charge < -0.3 is 10.6 Å². The number of thiophene rings is 1. The quantitative estimate of drug-likeness (QED) is 0.586. The molecular weight excluding hydrogens is 409 g/mol. The number of hydrogen-bond donors (Lipinski definition) is 2. The third-order valence-corrected chi connectivity index (χ3v) is 6.25. The van der Waals surface area contributed by atoms with Gasteiger partial charge in [-0.1, -0.05) is 13.8 Å². The third kappa shape index (κ3) is 4.27. The molecule has 0 saturated carbocycles. The third-order valence-electron chi connectivity index (χ3n) is 4.05. The van der Waals surface area contributed by atoms with Crippen molar-refractivity contribution in [2.24, 2.45) is 0 Å². The Morgan fingerprint density at radius 2 is 1.96 bits per heavy atom. The predicted molar refractivity (Wildman–Crippen MR) is 106 cm³/mol. The maximum Gasteiger partial charge on any atom is 0.417 e. The first kappa shape index (κ1) is 20.5. The Morgan fingerprint density at radius 3 is 2.57 bits per heavy atom. The fraction of sp³-hybridized carbons (Fsp3) is 0.389. The van der Waals surface area contributed by atoms with Gasteiger partial charge in [-0.2, -0.15) is 13.2 Å². The van der Waals surface area contributed by atoms with Crippen LogP contribution in [0.25, 0.3) is 10.2 Å². The number of halogens is 3. The van der Waals surface area contributed by atoms with Crippen LogP contribution < -0.4 is 10.6 Å². The number of carbonyl (C=O) groups excluding carboxylic acids is 1. The predicted octanol–water partition coefficient (Wildman–Crippen LogP) is 4.91. The van der Waals surface area contributed by atoms with Crippen LogP contribution in [0.3, 0.4) is 0 Å². The van der Waals surface area contributed by atoms with E-state index in [0.29, 0.717) is 18.9 Å². The van der Waals surface area contributed by atoms with Crippen molar-refractivity contribution < 1.29 is 18.0 Å². The van der Waals surface area contributed by atoms with Gasteiger partial charge in [0.25, 0.3) is 5.91 Å². The number of pyridine rings is 1. The summed E-state index contributed by atoms with van der Waals surface area (Å²) in [5.41, 5.74) is 0.283. The van der Waals surface area contributed by atoms with E-state index in [2.05, 4.69) is 34.4 Å². The summed E-state index contributed by atoms with van der Waals surface area (Å²) in [5.74, 6) is -0.0396. The van der Waals surface area contributed by atoms with Crippen molar-refractivity contribution >= 4 is 44.6 Å². The maximum atomic E-state index is 13.5. The summed E-state index contributed by atoms with van der Waals surface area (Å²) in [5, 5.41) is 9.76. The molecule has 0 radical (unpaired) electrons. The number of carbonyl (C=O) groups is 1. The van der Waals surface area contributed by atoms with Gasteiger partial charge in [0.15, 0.2) is 0 Å². The van der Waals surface area contributed by atoms with Crippen molar-refractivity contribution in [2.75, 3.05) is 18.9 Å². The van der Waals surface area contributed by atoms with Crippen LogP contribution in [0.5, 0.6) is 0 Å². The van der Waals surface area contributed by atoms with Gasteiger partial charge >= 0.3 is 6.18 Å². The van der Waals surface area contributed by atoms with E-state index in [1.165, 1.54) is 12.4 Å². The highest BCUT2D eigenvalue weighted by molar-refractivity contribution is 7.17. The summed E-state index contributed by atoms with van der Waals surface area (Å²) in [6, 6.07) is 0.993. The van der Waals surface area contributed by atoms with E-state index in [1.807, 2.05) is 5.38 Å². The topological polar surface area (TPSA) is 66.9 Å². The van der Waals surface area contributed by atoms with Crippen LogP contribution in [0.1, 0.15) is 46.4 Å². The number of alkyl halides is 3. The molecule has 0 aliphatic heterocycles. The zero-order valence-electron chi connectivity index (χ0n) is 15.5. The molecule has 0 bridgehead atoms. The van der Waals surface area contributed by atoms with Crippen LogP contribution in [0.2, 0.25) is 0 Å². The Bertz CT molecular complexity index is 995. The molecule has 0 unspecified atom stereocenters. The molecule has 0 aromatic carbocycles. The second-order valence-electron chi connectivity index (χ2n) is 6.47. The lowest BCUT2D eigenvalue weighted by Gasteiger charge is -2.12. The van der Waals surface area contributed by atoms with Crippen LogP contribution in [-0.2, 0) is 12.6 Å². The molecule has 0 spiro atoms. The first-order chi connectivity index (χ1) is 13.2. The summed E-state index contributed by atoms with van der Waals surface area (Å²) in [6.45, 7) is 4.50. The second kappa shape index (κ2) is 8.04. The Morgan fingerprint density at radius 1 is 1.21 bits per heavy atom. The van der Waals surface area contributed by atoms with E-state index < -0.39 is 17.6 Å². The first-order valence-corrected chi connectivity index (χ1v) is 10.4. The number of aromatic nitrogens is 2. The number of nitrogens with one attached hydrogen (secondary N) is 2. The average molecular weight is 429 g/mol. The van der Waals surface area contributed by atoms with Gasteiger partial charge in [0.2, 0.25) is 0 Å². The van der Waals surface area contributed by atoms with E-state index >= 15 is 0 Å². The number of anilines is 1. The summed E-state index contributed by atoms with van der Waals surface area (Å²) >= 11 is 2.44. The molecule has 1 amide bonds. The van der Waals surface area contributed by atoms with Gasteiger partial charge in [-0.3, -0.25) is 4.79 Å². The first-order valence-electron chi connectivity index (χ1n) is 8.60. The average Bonchev–Trinajstić information content (AvgIpc) is 3.26. The maximum absolute atomic E-state index is 13.5. The van der Waals surface area contributed by atoms with Crippen LogP contribution in [-0.4, -0.2) is 29.5 Å². The standard InChI is InChI=1S/C18H19F3N4OS2/c1-9(2)17-24-10(7-28-17)4-5-23-13-6-12(18(19,20)21)15-14(25-13)11(8-27-15)16(26)22-3/h6-9H,4-5H2,1-3H3,(H,22,26)(H,23,25). The minimum Gasteiger partial charge on any atom is -0.370 e. The Labute approximate surface area is 168 Å². The van der Waals surface area contributed by atoms with Gasteiger partial charge in [0.1, 0.15) is 5.82 Å². The Balaban J connectivity index is 1.86. The lowest BCUT2D eigenvalue weighted by atomic mass is 10.1. The molecule has 0 aliphatic rings. The van der Waals surface area contributed by atoms with Gasteiger partial charge in [-0.15, -0.1) is 22.7 Å². The SMILES string of the molecule is CNC(=O)c1csc2c(C(F)(F)F)cc(NCCc3csc(C(C)C)n3)nc12. The molecular formula is C18H19F3N4OS2. The van der Waals surface area contributed by atoms with E-state index in [1.54, 1.807) is 11.3 Å². The lowest BCUT2D eigenvalue weighted by Crippen LogP contribution is -2.18. The molecule has 0 fully saturated rings. The van der Waals surface area contributed by atoms with Crippen LogP contribution in [0.4, 0.5) is 19.0 Å². The molecule has 0 atom stereocenters. The number of amides is 1. The normalized spacial score (nSPS) is 12.0. The molecule has 3 rings (SSSR count). The monoisotopic (exact) mass is 428 g/mol. The van der Waals surface area contributed by atoms with Crippen molar-refractivity contribution in [2.45, 2.75) is 32.4 Å². The van der Waals surface area contributed by atoms with Crippen molar-refractivity contribution in [3.8, 4) is 0 Å². The van der Waals surface area contributed by atoms with E-state index in [-0.39, 0.29) is 21.6 Å². The summed E-state index contributed by atoms with van der Waals surface area (Å²) in [4.78, 5) is 20.7. The fourth-order valence-corrected chi connectivity index (χ4v) is 4.52. The summed E-state index contributed by atoms with van der Waals surface area (Å²) in [7, 11) is 1.43. The van der Waals surface area contributed by atoms with Crippen molar-refractivity contribution in [1.29, 1.82) is 0 Å². The highest BCUT2D eigenvalue weighted by Gasteiger charge is 2.35. The van der Waals surface area contributed by atoms with Gasteiger partial charge in [-0.05, 0) is 6.07 Å². The van der Waals surface area contributed by atoms with E-state index in [0.717, 1.165) is 28.1 Å². The Kier molecular flexibility index (Phi) is 5.90. The molecule has 0 saturated heterocycles. The van der Waals surface area contributed by atoms with Gasteiger partial charge in [-0.25, -0.2) is 9.97 Å². The largest absolute Gasteiger partial charge is 0.417 e. The summed E-state index contributed by atoms with van der Waals surface area (Å²) in [6.07, 6.45) is -3.97. The van der Waals surface area contributed by atoms with Gasteiger partial charge in [0, 0.05) is 36.7 Å². The number of fused-ring (bicyclic) bond motifs is 1. The zero-order valence-corrected chi connectivity index (χ0v) is 17.1. The number of hydrogen-bond acceptors (Lipinski definition) is 6. The van der Waals surface area contributed by atoms with E-state index in [9.17, 15) is 18.0 Å². The zero-order chi connectivity index (χ0) is 20.5. The van der Waals surface area contributed by atoms with Crippen LogP contribution in [0, 0.1) is 0 Å². The minimum absolute atomic E-state index is 0.0438. The molecule has 5 nitrogen and oxygen atoms in total. The molecule has 3 aromatic rings. The van der Waals surface area contributed by atoms with Crippen molar-refractivity contribution in [3.63, 3.8) is 0 Å². The fourth-order valence-electron chi connectivity index (χ4n) is 2.63. The van der Waals surface area contributed by atoms with Crippen molar-refractivity contribution in [1.82, 2.24) is 15.3 Å². The van der Waals surface area contributed by atoms with Gasteiger partial charge in [0.05, 0.1) is 32.0 Å². The molecule has 3 aromatic heterocycles. The van der Waals surface area contributed by atoms with Crippen LogP contribution in [0.15, 0.2) is 16.8 Å². The number of thiazole rings is 1. The second-order valence-corrected chi connectivity index (χ2v) is 8.24. The Hall–Kier alpha value is -2.20. The van der Waals surface area contributed by atoms with Crippen LogP contribution >= 0.6 is 22.7 Å². The lowest BCUT2D eigenvalue weighted by molar-refractivity contribution is -0.136. The molecule has 10 heteroatoms. The number of rotatable bonds is 6.